The van der Waals surface area contributed by atoms with E-state index in [-0.39, 0.29) is 19.6 Å². The minimum atomic E-state index is -1.72. The molecular formula is C55H92O14. The van der Waals surface area contributed by atoms with Crippen LogP contribution in [0.3, 0.4) is 0 Å². The van der Waals surface area contributed by atoms with Gasteiger partial charge in [-0.2, -0.15) is 0 Å². The number of aliphatic hydroxyl groups is 7. The van der Waals surface area contributed by atoms with E-state index in [2.05, 4.69) is 98.9 Å². The van der Waals surface area contributed by atoms with Gasteiger partial charge in [0.1, 0.15) is 54.9 Å². The number of allylic oxidation sites excluding steroid dienone is 14. The number of aliphatic hydroxyl groups excluding tert-OH is 7. The molecule has 2 aliphatic rings. The second-order valence-corrected chi connectivity index (χ2v) is 17.9. The molecule has 14 heteroatoms. The van der Waals surface area contributed by atoms with E-state index in [1.807, 2.05) is 0 Å². The fourth-order valence-corrected chi connectivity index (χ4v) is 7.70. The second-order valence-electron chi connectivity index (χ2n) is 17.9. The zero-order chi connectivity index (χ0) is 50.2. The summed E-state index contributed by atoms with van der Waals surface area (Å²) in [5.74, 6) is -0.397. The highest BCUT2D eigenvalue weighted by Gasteiger charge is 2.47. The molecule has 0 spiro atoms. The highest BCUT2D eigenvalue weighted by molar-refractivity contribution is 5.69. The van der Waals surface area contributed by atoms with Gasteiger partial charge in [0, 0.05) is 13.0 Å². The van der Waals surface area contributed by atoms with E-state index in [1.165, 1.54) is 25.7 Å². The van der Waals surface area contributed by atoms with Gasteiger partial charge in [0.2, 0.25) is 0 Å². The first-order valence-electron chi connectivity index (χ1n) is 26.2. The topological polar surface area (TPSA) is 214 Å². The van der Waals surface area contributed by atoms with Crippen molar-refractivity contribution < 1.29 is 69.0 Å². The van der Waals surface area contributed by atoms with E-state index in [0.717, 1.165) is 103 Å². The third-order valence-corrected chi connectivity index (χ3v) is 11.9. The molecular weight excluding hydrogens is 885 g/mol. The zero-order valence-electron chi connectivity index (χ0n) is 42.0. The number of rotatable bonds is 40. The summed E-state index contributed by atoms with van der Waals surface area (Å²) in [6.45, 7) is 3.37. The first kappa shape index (κ1) is 62.3. The van der Waals surface area contributed by atoms with Crippen molar-refractivity contribution in [1.29, 1.82) is 0 Å². The molecule has 0 aromatic carbocycles. The highest BCUT2D eigenvalue weighted by atomic mass is 16.7. The molecule has 69 heavy (non-hydrogen) atoms. The first-order valence-corrected chi connectivity index (χ1v) is 26.2. The van der Waals surface area contributed by atoms with Crippen molar-refractivity contribution >= 4 is 5.97 Å². The molecule has 11 atom stereocenters. The molecule has 0 radical (unpaired) electrons. The average Bonchev–Trinajstić information content (AvgIpc) is 3.35. The van der Waals surface area contributed by atoms with Crippen molar-refractivity contribution in [3.05, 3.63) is 85.1 Å². The summed E-state index contributed by atoms with van der Waals surface area (Å²) in [5.41, 5.74) is 0. The lowest BCUT2D eigenvalue weighted by molar-refractivity contribution is -0.332. The molecule has 11 unspecified atom stereocenters. The van der Waals surface area contributed by atoms with Crippen molar-refractivity contribution in [2.24, 2.45) is 0 Å². The van der Waals surface area contributed by atoms with E-state index in [4.69, 9.17) is 28.4 Å². The number of esters is 1. The lowest BCUT2D eigenvalue weighted by atomic mass is 9.98. The van der Waals surface area contributed by atoms with Crippen molar-refractivity contribution in [3.8, 4) is 0 Å². The predicted octanol–water partition coefficient (Wildman–Crippen LogP) is 8.07. The molecule has 2 aliphatic heterocycles. The van der Waals surface area contributed by atoms with Gasteiger partial charge in [-0.3, -0.25) is 4.79 Å². The van der Waals surface area contributed by atoms with Gasteiger partial charge < -0.3 is 64.2 Å². The molecule has 0 bridgehead atoms. The van der Waals surface area contributed by atoms with Gasteiger partial charge >= 0.3 is 5.97 Å². The van der Waals surface area contributed by atoms with Gasteiger partial charge in [-0.25, -0.2) is 0 Å². The Morgan fingerprint density at radius 3 is 1.41 bits per heavy atom. The van der Waals surface area contributed by atoms with Crippen LogP contribution in [0.5, 0.6) is 0 Å². The van der Waals surface area contributed by atoms with Crippen LogP contribution in [0.15, 0.2) is 85.1 Å². The molecule has 2 saturated heterocycles. The Hall–Kier alpha value is -2.83. The number of ether oxygens (including phenoxy) is 6. The second kappa shape index (κ2) is 41.8. The normalized spacial score (nSPS) is 26.4. The first-order chi connectivity index (χ1) is 33.6. The number of carbonyl (C=O) groups is 1. The number of carbonyl (C=O) groups excluding carboxylic acids is 1. The molecule has 2 fully saturated rings. The van der Waals surface area contributed by atoms with Crippen LogP contribution < -0.4 is 0 Å². The van der Waals surface area contributed by atoms with Gasteiger partial charge in [0.05, 0.1) is 26.4 Å². The van der Waals surface area contributed by atoms with Crippen molar-refractivity contribution in [3.63, 3.8) is 0 Å². The third kappa shape index (κ3) is 29.3. The largest absolute Gasteiger partial charge is 0.457 e. The van der Waals surface area contributed by atoms with E-state index >= 15 is 0 Å². The van der Waals surface area contributed by atoms with E-state index in [0.29, 0.717) is 13.0 Å². The predicted molar refractivity (Wildman–Crippen MR) is 270 cm³/mol. The minimum absolute atomic E-state index is 0.0379. The summed E-state index contributed by atoms with van der Waals surface area (Å²) >= 11 is 0. The van der Waals surface area contributed by atoms with Crippen LogP contribution in [0, 0.1) is 0 Å². The van der Waals surface area contributed by atoms with Gasteiger partial charge in [0.25, 0.3) is 0 Å². The molecule has 2 rings (SSSR count). The monoisotopic (exact) mass is 977 g/mol. The molecule has 396 valence electrons. The molecule has 14 nitrogen and oxygen atoms in total. The quantitative estimate of drug-likeness (QED) is 0.0176. The molecule has 0 aromatic rings. The fourth-order valence-electron chi connectivity index (χ4n) is 7.70. The van der Waals surface area contributed by atoms with Crippen LogP contribution in [0.4, 0.5) is 0 Å². The van der Waals surface area contributed by atoms with Crippen molar-refractivity contribution in [2.45, 2.75) is 223 Å². The van der Waals surface area contributed by atoms with Crippen LogP contribution in [0.25, 0.3) is 0 Å². The van der Waals surface area contributed by atoms with E-state index in [1.54, 1.807) is 0 Å². The Morgan fingerprint density at radius 2 is 0.899 bits per heavy atom. The highest BCUT2D eigenvalue weighted by Crippen LogP contribution is 2.26. The van der Waals surface area contributed by atoms with E-state index in [9.17, 15) is 40.5 Å². The summed E-state index contributed by atoms with van der Waals surface area (Å²) in [7, 11) is 0. The summed E-state index contributed by atoms with van der Waals surface area (Å²) in [5, 5.41) is 72.2. The maximum atomic E-state index is 13.0. The standard InChI is InChI=1S/C55H92O14/c1-3-5-7-9-11-13-15-17-19-20-21-22-23-24-25-26-28-30-32-34-36-38-47(57)67-44(41-64-39-37-35-33-31-29-27-18-16-14-12-10-8-6-4-2)42-65-54-53(63)51(61)49(59)46(69-54)43-66-55-52(62)50(60)48(58)45(40-56)68-55/h5-8,11-14,17-19,21-22,27,44-46,48-56,58-63H,3-4,9-10,15-16,20,23-26,28-43H2,1-2H3/b7-5-,8-6-,13-11-,14-12-,19-17-,22-21-,27-18-. The van der Waals surface area contributed by atoms with Gasteiger partial charge in [-0.05, 0) is 83.5 Å². The Kier molecular flexibility index (Phi) is 37.7. The molecule has 2 heterocycles. The lowest BCUT2D eigenvalue weighted by Crippen LogP contribution is -2.61. The average molecular weight is 977 g/mol. The van der Waals surface area contributed by atoms with Gasteiger partial charge in [0.15, 0.2) is 12.6 Å². The Bertz CT molecular complexity index is 1460. The third-order valence-electron chi connectivity index (χ3n) is 11.9. The Labute approximate surface area is 414 Å². The molecule has 0 aliphatic carbocycles. The van der Waals surface area contributed by atoms with E-state index < -0.39 is 86.7 Å². The lowest BCUT2D eigenvalue weighted by Gasteiger charge is -2.42. The smallest absolute Gasteiger partial charge is 0.306 e. The van der Waals surface area contributed by atoms with Crippen LogP contribution in [-0.4, -0.2) is 142 Å². The SMILES string of the molecule is CC/C=C\C/C=C\C/C=C\C/C=C\CCCCCCCCCCC(=O)OC(COCCCCCC/C=C\C/C=C\C/C=C\CC)COC1OC(COC2OC(CO)C(O)C(O)C2O)C(O)C(O)C1O. The van der Waals surface area contributed by atoms with Crippen LogP contribution >= 0.6 is 0 Å². The maximum Gasteiger partial charge on any atom is 0.306 e. The molecule has 0 saturated carbocycles. The van der Waals surface area contributed by atoms with Gasteiger partial charge in [-0.15, -0.1) is 0 Å². The number of hydrogen-bond acceptors (Lipinski definition) is 14. The van der Waals surface area contributed by atoms with Crippen LogP contribution in [-0.2, 0) is 33.2 Å². The zero-order valence-corrected chi connectivity index (χ0v) is 42.0. The number of unbranched alkanes of at least 4 members (excludes halogenated alkanes) is 12. The van der Waals surface area contributed by atoms with Crippen LogP contribution in [0.2, 0.25) is 0 Å². The van der Waals surface area contributed by atoms with Crippen molar-refractivity contribution in [1.82, 2.24) is 0 Å². The molecule has 0 amide bonds. The number of hydrogen-bond donors (Lipinski definition) is 7. The fraction of sp³-hybridized carbons (Fsp3) is 0.727. The molecule has 0 aromatic heterocycles. The summed E-state index contributed by atoms with van der Waals surface area (Å²) in [6, 6.07) is 0. The van der Waals surface area contributed by atoms with Gasteiger partial charge in [-0.1, -0.05) is 150 Å². The molecule has 7 N–H and O–H groups in total. The van der Waals surface area contributed by atoms with Crippen molar-refractivity contribution in [2.75, 3.05) is 33.0 Å². The summed E-state index contributed by atoms with van der Waals surface area (Å²) in [4.78, 5) is 13.0. The minimum Gasteiger partial charge on any atom is -0.457 e. The maximum absolute atomic E-state index is 13.0. The van der Waals surface area contributed by atoms with Crippen LogP contribution in [0.1, 0.15) is 155 Å². The Balaban J connectivity index is 1.76. The Morgan fingerprint density at radius 1 is 0.478 bits per heavy atom. The summed E-state index contributed by atoms with van der Waals surface area (Å²) in [6.07, 6.45) is 36.4. The summed E-state index contributed by atoms with van der Waals surface area (Å²) < 4.78 is 34.2.